The smallest absolute Gasteiger partial charge is 0.406 e. The number of rotatable bonds is 6. The van der Waals surface area contributed by atoms with Gasteiger partial charge in [-0.3, -0.25) is 10.0 Å². The predicted octanol–water partition coefficient (Wildman–Crippen LogP) is 1.09. The summed E-state index contributed by atoms with van der Waals surface area (Å²) in [5.41, 5.74) is 5.77. The lowest BCUT2D eigenvalue weighted by atomic mass is 10.1. The van der Waals surface area contributed by atoms with E-state index < -0.39 is 18.7 Å². The minimum absolute atomic E-state index is 0.0491. The highest BCUT2D eigenvalue weighted by Gasteiger charge is 2.11. The highest BCUT2D eigenvalue weighted by molar-refractivity contribution is 5.76. The Kier molecular flexibility index (Phi) is 5.66. The number of carbonyl (C=O) groups excluding carboxylic acids is 2. The molecule has 0 unspecified atom stereocenters. The fraction of sp³-hybridized carbons (Fsp3) is 0.250. The van der Waals surface area contributed by atoms with Gasteiger partial charge in [-0.25, -0.2) is 4.79 Å². The highest BCUT2D eigenvalue weighted by atomic mass is 16.6. The number of nitrogens with zero attached hydrogens (tertiary/aromatic N) is 1. The van der Waals surface area contributed by atoms with Crippen LogP contribution in [0, 0.1) is 6.42 Å². The molecule has 18 heavy (non-hydrogen) atoms. The van der Waals surface area contributed by atoms with Crippen LogP contribution in [0.1, 0.15) is 12.0 Å². The molecule has 0 saturated carbocycles. The number of carbonyl (C=O) groups is 2. The van der Waals surface area contributed by atoms with E-state index in [1.54, 1.807) is 6.42 Å². The van der Waals surface area contributed by atoms with Crippen molar-refractivity contribution in [2.45, 2.75) is 12.8 Å². The Labute approximate surface area is 105 Å². The molecule has 97 valence electrons. The molecule has 0 atom stereocenters. The van der Waals surface area contributed by atoms with Crippen LogP contribution in [0.15, 0.2) is 30.3 Å². The Bertz CT molecular complexity index is 394. The molecular weight excluding hydrogens is 236 g/mol. The van der Waals surface area contributed by atoms with Crippen LogP contribution < -0.4 is 5.73 Å². The first-order valence-corrected chi connectivity index (χ1v) is 5.36. The topological polar surface area (TPSA) is 92.9 Å². The van der Waals surface area contributed by atoms with Crippen molar-refractivity contribution in [1.29, 1.82) is 0 Å². The SMILES string of the molecule is NC(=O)OCN(O)C(=O)C[CH]Cc1ccccc1. The maximum absolute atomic E-state index is 11.4. The first-order valence-electron chi connectivity index (χ1n) is 5.36. The number of primary amides is 1. The number of hydrogen-bond donors (Lipinski definition) is 2. The molecule has 6 heteroatoms. The lowest BCUT2D eigenvalue weighted by Gasteiger charge is -2.13. The van der Waals surface area contributed by atoms with Gasteiger partial charge in [0, 0.05) is 6.42 Å². The van der Waals surface area contributed by atoms with Crippen LogP contribution in [0.3, 0.4) is 0 Å². The van der Waals surface area contributed by atoms with Crippen molar-refractivity contribution in [2.24, 2.45) is 5.73 Å². The van der Waals surface area contributed by atoms with Crippen LogP contribution in [0.4, 0.5) is 4.79 Å². The van der Waals surface area contributed by atoms with Crippen molar-refractivity contribution in [3.8, 4) is 0 Å². The second kappa shape index (κ2) is 7.29. The molecule has 0 aromatic heterocycles. The van der Waals surface area contributed by atoms with E-state index in [0.29, 0.717) is 11.5 Å². The largest absolute Gasteiger partial charge is 0.426 e. The van der Waals surface area contributed by atoms with Crippen LogP contribution in [0.5, 0.6) is 0 Å². The van der Waals surface area contributed by atoms with E-state index in [-0.39, 0.29) is 6.42 Å². The van der Waals surface area contributed by atoms with Crippen molar-refractivity contribution < 1.29 is 19.5 Å². The van der Waals surface area contributed by atoms with Gasteiger partial charge in [-0.2, -0.15) is 5.06 Å². The molecular formula is C12H15N2O4. The van der Waals surface area contributed by atoms with Crippen LogP contribution in [0.2, 0.25) is 0 Å². The van der Waals surface area contributed by atoms with Gasteiger partial charge in [0.2, 0.25) is 5.91 Å². The van der Waals surface area contributed by atoms with E-state index in [4.69, 9.17) is 5.73 Å². The summed E-state index contributed by atoms with van der Waals surface area (Å²) in [6.07, 6.45) is 1.35. The van der Waals surface area contributed by atoms with Crippen molar-refractivity contribution in [3.63, 3.8) is 0 Å². The summed E-state index contributed by atoms with van der Waals surface area (Å²) in [6.45, 7) is -0.562. The van der Waals surface area contributed by atoms with E-state index in [9.17, 15) is 14.8 Å². The van der Waals surface area contributed by atoms with Gasteiger partial charge in [0.25, 0.3) is 0 Å². The molecule has 0 bridgehead atoms. The molecule has 1 aromatic rings. The van der Waals surface area contributed by atoms with Gasteiger partial charge >= 0.3 is 6.09 Å². The summed E-state index contributed by atoms with van der Waals surface area (Å²) < 4.78 is 4.27. The molecule has 3 N–H and O–H groups in total. The molecule has 0 aliphatic heterocycles. The Morgan fingerprint density at radius 3 is 2.61 bits per heavy atom. The molecule has 6 nitrogen and oxygen atoms in total. The Morgan fingerprint density at radius 2 is 2.00 bits per heavy atom. The van der Waals surface area contributed by atoms with Gasteiger partial charge in [-0.15, -0.1) is 0 Å². The fourth-order valence-corrected chi connectivity index (χ4v) is 1.28. The number of amides is 2. The number of benzene rings is 1. The summed E-state index contributed by atoms with van der Waals surface area (Å²) in [5, 5.41) is 9.51. The van der Waals surface area contributed by atoms with E-state index in [0.717, 1.165) is 5.56 Å². The Balaban J connectivity index is 2.22. The van der Waals surface area contributed by atoms with Crippen molar-refractivity contribution in [2.75, 3.05) is 6.73 Å². The second-order valence-corrected chi connectivity index (χ2v) is 3.57. The summed E-state index contributed by atoms with van der Waals surface area (Å²) in [7, 11) is 0. The normalized spacial score (nSPS) is 9.83. The van der Waals surface area contributed by atoms with Crippen LogP contribution in [0.25, 0.3) is 0 Å². The quantitative estimate of drug-likeness (QED) is 0.449. The third-order valence-corrected chi connectivity index (χ3v) is 2.16. The molecule has 0 heterocycles. The third kappa shape index (κ3) is 5.31. The fourth-order valence-electron chi connectivity index (χ4n) is 1.28. The molecule has 2 amide bonds. The average Bonchev–Trinajstić information content (AvgIpc) is 2.37. The summed E-state index contributed by atoms with van der Waals surface area (Å²) >= 11 is 0. The number of ether oxygens (including phenoxy) is 1. The standard InChI is InChI=1S/C12H15N2O4/c13-12(16)18-9-14(17)11(15)8-4-7-10-5-2-1-3-6-10/h1-6,17H,7-9H2,(H2,13,16). The van der Waals surface area contributed by atoms with Crippen LogP contribution in [-0.2, 0) is 16.0 Å². The molecule has 1 rings (SSSR count). The van der Waals surface area contributed by atoms with Gasteiger partial charge in [0.15, 0.2) is 6.73 Å². The molecule has 0 aliphatic rings. The molecule has 0 spiro atoms. The predicted molar refractivity (Wildman–Crippen MR) is 63.2 cm³/mol. The molecule has 0 saturated heterocycles. The summed E-state index contributed by atoms with van der Waals surface area (Å²) in [4.78, 5) is 21.6. The second-order valence-electron chi connectivity index (χ2n) is 3.57. The Hall–Kier alpha value is -2.08. The summed E-state index contributed by atoms with van der Waals surface area (Å²) in [5.74, 6) is -0.563. The lowest BCUT2D eigenvalue weighted by Crippen LogP contribution is -2.32. The Morgan fingerprint density at radius 1 is 1.33 bits per heavy atom. The average molecular weight is 251 g/mol. The van der Waals surface area contributed by atoms with Gasteiger partial charge in [0.1, 0.15) is 0 Å². The zero-order valence-electron chi connectivity index (χ0n) is 9.78. The van der Waals surface area contributed by atoms with Crippen molar-refractivity contribution >= 4 is 12.0 Å². The van der Waals surface area contributed by atoms with Crippen LogP contribution >= 0.6 is 0 Å². The zero-order chi connectivity index (χ0) is 13.4. The van der Waals surface area contributed by atoms with E-state index in [1.165, 1.54) is 0 Å². The number of hydroxylamine groups is 2. The van der Waals surface area contributed by atoms with E-state index >= 15 is 0 Å². The minimum Gasteiger partial charge on any atom is -0.426 e. The van der Waals surface area contributed by atoms with E-state index in [2.05, 4.69) is 4.74 Å². The maximum Gasteiger partial charge on any atom is 0.406 e. The van der Waals surface area contributed by atoms with Gasteiger partial charge < -0.3 is 10.5 Å². The lowest BCUT2D eigenvalue weighted by molar-refractivity contribution is -0.179. The monoisotopic (exact) mass is 251 g/mol. The zero-order valence-corrected chi connectivity index (χ0v) is 9.78. The van der Waals surface area contributed by atoms with Crippen LogP contribution in [-0.4, -0.2) is 29.0 Å². The molecule has 1 radical (unpaired) electrons. The maximum atomic E-state index is 11.4. The summed E-state index contributed by atoms with van der Waals surface area (Å²) in [6, 6.07) is 9.60. The molecule has 1 aromatic carbocycles. The van der Waals surface area contributed by atoms with Crippen molar-refractivity contribution in [1.82, 2.24) is 5.06 Å². The van der Waals surface area contributed by atoms with Gasteiger partial charge in [-0.05, 0) is 18.4 Å². The van der Waals surface area contributed by atoms with Crippen molar-refractivity contribution in [3.05, 3.63) is 42.3 Å². The third-order valence-electron chi connectivity index (χ3n) is 2.16. The number of nitrogens with two attached hydrogens (primary N) is 1. The first-order chi connectivity index (χ1) is 8.59. The minimum atomic E-state index is -1.05. The molecule has 0 aliphatic carbocycles. The molecule has 0 fully saturated rings. The van der Waals surface area contributed by atoms with Gasteiger partial charge in [0.05, 0.1) is 0 Å². The highest BCUT2D eigenvalue weighted by Crippen LogP contribution is 2.04. The number of hydrogen-bond acceptors (Lipinski definition) is 4. The first kappa shape index (κ1) is 14.0. The van der Waals surface area contributed by atoms with E-state index in [1.807, 2.05) is 30.3 Å². The van der Waals surface area contributed by atoms with Gasteiger partial charge in [-0.1, -0.05) is 30.3 Å².